The Morgan fingerprint density at radius 2 is 2.05 bits per heavy atom. The summed E-state index contributed by atoms with van der Waals surface area (Å²) in [4.78, 5) is 18.8. The van der Waals surface area contributed by atoms with Gasteiger partial charge in [0.25, 0.3) is 5.91 Å². The molecule has 1 aliphatic rings. The van der Waals surface area contributed by atoms with Crippen LogP contribution in [0.3, 0.4) is 0 Å². The maximum atomic E-state index is 12.8. The Labute approximate surface area is 129 Å². The third-order valence-corrected chi connectivity index (χ3v) is 3.96. The molecule has 3 rings (SSSR count). The molecule has 1 aromatic heterocycles. The number of fused-ring (bicyclic) bond motifs is 1. The van der Waals surface area contributed by atoms with E-state index in [4.69, 9.17) is 11.6 Å². The minimum absolute atomic E-state index is 0.00722. The second-order valence-electron chi connectivity index (χ2n) is 5.51. The monoisotopic (exact) mass is 300 g/mol. The highest BCUT2D eigenvalue weighted by atomic mass is 35.5. The average Bonchev–Trinajstić information content (AvgIpc) is 2.44. The van der Waals surface area contributed by atoms with E-state index in [-0.39, 0.29) is 5.91 Å². The van der Waals surface area contributed by atoms with Crippen molar-refractivity contribution in [2.75, 3.05) is 11.4 Å². The number of benzene rings is 1. The minimum atomic E-state index is -0.00722. The van der Waals surface area contributed by atoms with Crippen LogP contribution >= 0.6 is 11.6 Å². The van der Waals surface area contributed by atoms with Crippen molar-refractivity contribution in [1.29, 1.82) is 0 Å². The molecule has 2 heterocycles. The van der Waals surface area contributed by atoms with Gasteiger partial charge in [-0.3, -0.25) is 4.79 Å². The number of pyridine rings is 1. The number of carbonyl (C=O) groups is 1. The Morgan fingerprint density at radius 3 is 2.81 bits per heavy atom. The quantitative estimate of drug-likeness (QED) is 0.747. The molecule has 0 atom stereocenters. The molecule has 2 aromatic rings. The fourth-order valence-electron chi connectivity index (χ4n) is 2.84. The molecule has 3 nitrogen and oxygen atoms in total. The van der Waals surface area contributed by atoms with Crippen LogP contribution in [0, 0.1) is 13.8 Å². The summed E-state index contributed by atoms with van der Waals surface area (Å²) >= 11 is 5.97. The van der Waals surface area contributed by atoms with Gasteiger partial charge in [0.1, 0.15) is 5.15 Å². The van der Waals surface area contributed by atoms with E-state index in [2.05, 4.69) is 24.0 Å². The van der Waals surface area contributed by atoms with E-state index in [1.807, 2.05) is 17.9 Å². The lowest BCUT2D eigenvalue weighted by Gasteiger charge is -2.30. The Bertz CT molecular complexity index is 692. The molecule has 0 unspecified atom stereocenters. The number of nitrogens with zero attached hydrogens (tertiary/aromatic N) is 2. The number of hydrogen-bond donors (Lipinski definition) is 0. The number of hydrogen-bond acceptors (Lipinski definition) is 2. The van der Waals surface area contributed by atoms with Crippen LogP contribution in [-0.4, -0.2) is 17.4 Å². The summed E-state index contributed by atoms with van der Waals surface area (Å²) in [5, 5.41) is 0.361. The van der Waals surface area contributed by atoms with Gasteiger partial charge in [-0.25, -0.2) is 4.98 Å². The van der Waals surface area contributed by atoms with Gasteiger partial charge in [-0.15, -0.1) is 0 Å². The molecule has 1 aromatic carbocycles. The third kappa shape index (κ3) is 2.79. The van der Waals surface area contributed by atoms with Crippen LogP contribution in [0.2, 0.25) is 5.15 Å². The van der Waals surface area contributed by atoms with Crippen molar-refractivity contribution >= 4 is 23.2 Å². The van der Waals surface area contributed by atoms with E-state index in [1.54, 1.807) is 12.1 Å². The summed E-state index contributed by atoms with van der Waals surface area (Å²) in [6, 6.07) is 9.68. The average molecular weight is 301 g/mol. The molecule has 1 amide bonds. The Morgan fingerprint density at radius 1 is 1.24 bits per heavy atom. The first-order chi connectivity index (χ1) is 10.0. The molecule has 21 heavy (non-hydrogen) atoms. The predicted molar refractivity (Wildman–Crippen MR) is 85.2 cm³/mol. The van der Waals surface area contributed by atoms with Gasteiger partial charge in [0.2, 0.25) is 0 Å². The van der Waals surface area contributed by atoms with E-state index >= 15 is 0 Å². The topological polar surface area (TPSA) is 33.2 Å². The fourth-order valence-corrected chi connectivity index (χ4v) is 3.10. The highest BCUT2D eigenvalue weighted by molar-refractivity contribution is 6.29. The molecule has 0 N–H and O–H groups in total. The lowest BCUT2D eigenvalue weighted by molar-refractivity contribution is 0.0985. The van der Waals surface area contributed by atoms with E-state index < -0.39 is 0 Å². The van der Waals surface area contributed by atoms with E-state index in [1.165, 1.54) is 11.1 Å². The van der Waals surface area contributed by atoms with Gasteiger partial charge >= 0.3 is 0 Å². The van der Waals surface area contributed by atoms with Crippen LogP contribution in [0.25, 0.3) is 0 Å². The SMILES string of the molecule is Cc1ccc2c(c1)CCCN2C(=O)c1cc(C)nc(Cl)c1. The number of aromatic nitrogens is 1. The van der Waals surface area contributed by atoms with E-state index in [0.29, 0.717) is 10.7 Å². The zero-order chi connectivity index (χ0) is 15.0. The molecule has 0 aliphatic carbocycles. The molecule has 0 radical (unpaired) electrons. The highest BCUT2D eigenvalue weighted by Crippen LogP contribution is 2.29. The maximum Gasteiger partial charge on any atom is 0.258 e. The molecular weight excluding hydrogens is 284 g/mol. The summed E-state index contributed by atoms with van der Waals surface area (Å²) in [5.41, 5.74) is 4.84. The van der Waals surface area contributed by atoms with Crippen molar-refractivity contribution in [1.82, 2.24) is 4.98 Å². The third-order valence-electron chi connectivity index (χ3n) is 3.77. The summed E-state index contributed by atoms with van der Waals surface area (Å²) in [6.07, 6.45) is 2.01. The van der Waals surface area contributed by atoms with Crippen LogP contribution in [0.1, 0.15) is 33.6 Å². The largest absolute Gasteiger partial charge is 0.308 e. The van der Waals surface area contributed by atoms with Gasteiger partial charge in [0, 0.05) is 23.5 Å². The van der Waals surface area contributed by atoms with Crippen molar-refractivity contribution in [2.45, 2.75) is 26.7 Å². The number of carbonyl (C=O) groups excluding carboxylic acids is 1. The lowest BCUT2D eigenvalue weighted by atomic mass is 9.99. The first-order valence-electron chi connectivity index (χ1n) is 7.10. The second-order valence-corrected chi connectivity index (χ2v) is 5.90. The number of amides is 1. The molecule has 1 aliphatic heterocycles. The molecule has 108 valence electrons. The number of rotatable bonds is 1. The van der Waals surface area contributed by atoms with Gasteiger partial charge < -0.3 is 4.90 Å². The summed E-state index contributed by atoms with van der Waals surface area (Å²) in [5.74, 6) is -0.00722. The van der Waals surface area contributed by atoms with Crippen LogP contribution < -0.4 is 4.90 Å². The first kappa shape index (κ1) is 14.1. The Hall–Kier alpha value is -1.87. The summed E-state index contributed by atoms with van der Waals surface area (Å²) in [7, 11) is 0. The van der Waals surface area contributed by atoms with E-state index in [0.717, 1.165) is 30.8 Å². The van der Waals surface area contributed by atoms with Crippen LogP contribution in [0.5, 0.6) is 0 Å². The minimum Gasteiger partial charge on any atom is -0.308 e. The smallest absolute Gasteiger partial charge is 0.258 e. The van der Waals surface area contributed by atoms with Crippen LogP contribution in [-0.2, 0) is 6.42 Å². The molecule has 0 spiro atoms. The highest BCUT2D eigenvalue weighted by Gasteiger charge is 2.24. The zero-order valence-electron chi connectivity index (χ0n) is 12.2. The molecular formula is C17H17ClN2O. The zero-order valence-corrected chi connectivity index (χ0v) is 12.9. The molecule has 0 fully saturated rings. The fraction of sp³-hybridized carbons (Fsp3) is 0.294. The van der Waals surface area contributed by atoms with Crippen LogP contribution in [0.4, 0.5) is 5.69 Å². The van der Waals surface area contributed by atoms with Gasteiger partial charge in [-0.2, -0.15) is 0 Å². The summed E-state index contributed by atoms with van der Waals surface area (Å²) < 4.78 is 0. The maximum absolute atomic E-state index is 12.8. The van der Waals surface area contributed by atoms with Gasteiger partial charge in [0.05, 0.1) is 0 Å². The van der Waals surface area contributed by atoms with Crippen LogP contribution in [0.15, 0.2) is 30.3 Å². The van der Waals surface area contributed by atoms with Gasteiger partial charge in [-0.1, -0.05) is 29.3 Å². The number of anilines is 1. The standard InChI is InChI=1S/C17H17ClN2O/c1-11-5-6-15-13(8-11)4-3-7-20(15)17(21)14-9-12(2)19-16(18)10-14/h5-6,8-10H,3-4,7H2,1-2H3. The lowest BCUT2D eigenvalue weighted by Crippen LogP contribution is -2.35. The first-order valence-corrected chi connectivity index (χ1v) is 7.48. The van der Waals surface area contributed by atoms with Crippen molar-refractivity contribution in [3.8, 4) is 0 Å². The number of halogens is 1. The molecule has 4 heteroatoms. The Kier molecular flexibility index (Phi) is 3.68. The predicted octanol–water partition coefficient (Wildman–Crippen LogP) is 3.94. The van der Waals surface area contributed by atoms with Crippen molar-refractivity contribution in [2.24, 2.45) is 0 Å². The molecule has 0 saturated carbocycles. The van der Waals surface area contributed by atoms with Crippen molar-refractivity contribution < 1.29 is 4.79 Å². The molecule has 0 saturated heterocycles. The van der Waals surface area contributed by atoms with Crippen molar-refractivity contribution in [3.63, 3.8) is 0 Å². The summed E-state index contributed by atoms with van der Waals surface area (Å²) in [6.45, 7) is 4.66. The van der Waals surface area contributed by atoms with Gasteiger partial charge in [-0.05, 0) is 50.5 Å². The normalized spacial score (nSPS) is 14.0. The Balaban J connectivity index is 2.00. The van der Waals surface area contributed by atoms with Crippen molar-refractivity contribution in [3.05, 3.63) is 57.9 Å². The second kappa shape index (κ2) is 5.49. The van der Waals surface area contributed by atoms with Gasteiger partial charge in [0.15, 0.2) is 0 Å². The number of aryl methyl sites for hydroxylation is 3. The molecule has 0 bridgehead atoms. The van der Waals surface area contributed by atoms with E-state index in [9.17, 15) is 4.79 Å².